The molecular weight excluding hydrogens is 290 g/mol. The highest BCUT2D eigenvalue weighted by Gasteiger charge is 2.13. The van der Waals surface area contributed by atoms with Gasteiger partial charge in [0.25, 0.3) is 5.91 Å². The van der Waals surface area contributed by atoms with Crippen LogP contribution in [0.25, 0.3) is 0 Å². The summed E-state index contributed by atoms with van der Waals surface area (Å²) in [6.07, 6.45) is 1.58. The Morgan fingerprint density at radius 2 is 2.31 bits per heavy atom. The Morgan fingerprint density at radius 3 is 2.94 bits per heavy atom. The summed E-state index contributed by atoms with van der Waals surface area (Å²) >= 11 is 4.65. The van der Waals surface area contributed by atoms with Crippen molar-refractivity contribution in [3.63, 3.8) is 0 Å². The average molecular weight is 298 g/mol. The summed E-state index contributed by atoms with van der Waals surface area (Å²) in [5.74, 6) is 0.167. The highest BCUT2D eigenvalue weighted by atomic mass is 79.9. The van der Waals surface area contributed by atoms with Crippen LogP contribution in [0, 0.1) is 0 Å². The van der Waals surface area contributed by atoms with Gasteiger partial charge in [-0.1, -0.05) is 0 Å². The quantitative estimate of drug-likeness (QED) is 0.895. The molecule has 0 saturated carbocycles. The van der Waals surface area contributed by atoms with Gasteiger partial charge in [-0.25, -0.2) is 4.98 Å². The maximum atomic E-state index is 11.8. The molecule has 0 aromatic carbocycles. The van der Waals surface area contributed by atoms with Crippen LogP contribution in [0.2, 0.25) is 0 Å². The third-order valence-electron chi connectivity index (χ3n) is 1.89. The number of nitrogens with one attached hydrogen (secondary N) is 1. The number of aromatic nitrogens is 1. The van der Waals surface area contributed by atoms with E-state index in [1.54, 1.807) is 18.3 Å². The summed E-state index contributed by atoms with van der Waals surface area (Å²) in [5, 5.41) is 4.49. The van der Waals surface area contributed by atoms with Gasteiger partial charge in [-0.3, -0.25) is 4.79 Å². The highest BCUT2D eigenvalue weighted by molar-refractivity contribution is 9.10. The lowest BCUT2D eigenvalue weighted by atomic mass is 10.4. The first-order valence-electron chi connectivity index (χ1n) is 4.43. The van der Waals surface area contributed by atoms with Crippen molar-refractivity contribution in [2.75, 3.05) is 11.1 Å². The zero-order valence-corrected chi connectivity index (χ0v) is 10.5. The predicted octanol–water partition coefficient (Wildman–Crippen LogP) is 2.74. The Bertz CT molecular complexity index is 526. The van der Waals surface area contributed by atoms with Gasteiger partial charge in [0, 0.05) is 10.7 Å². The van der Waals surface area contributed by atoms with E-state index in [0.29, 0.717) is 16.4 Å². The van der Waals surface area contributed by atoms with Crippen LogP contribution in [0.5, 0.6) is 0 Å². The third kappa shape index (κ3) is 2.23. The standard InChI is InChI=1S/C10H8BrN3OS/c11-6-3-5-16-8(6)10(15)14-9-7(12)2-1-4-13-9/h1-5H,12H2,(H,13,14,15). The summed E-state index contributed by atoms with van der Waals surface area (Å²) in [4.78, 5) is 16.4. The maximum Gasteiger partial charge on any atom is 0.268 e. The van der Waals surface area contributed by atoms with E-state index in [0.717, 1.165) is 4.47 Å². The van der Waals surface area contributed by atoms with E-state index in [2.05, 4.69) is 26.2 Å². The number of anilines is 2. The van der Waals surface area contributed by atoms with Gasteiger partial charge in [-0.05, 0) is 39.5 Å². The van der Waals surface area contributed by atoms with Gasteiger partial charge in [0.1, 0.15) is 4.88 Å². The SMILES string of the molecule is Nc1cccnc1NC(=O)c1sccc1Br. The highest BCUT2D eigenvalue weighted by Crippen LogP contribution is 2.24. The fraction of sp³-hybridized carbons (Fsp3) is 0. The number of rotatable bonds is 2. The van der Waals surface area contributed by atoms with E-state index >= 15 is 0 Å². The zero-order valence-electron chi connectivity index (χ0n) is 8.11. The maximum absolute atomic E-state index is 11.8. The number of amides is 1. The molecule has 0 bridgehead atoms. The number of hydrogen-bond donors (Lipinski definition) is 2. The molecule has 0 aliphatic heterocycles. The van der Waals surface area contributed by atoms with E-state index in [-0.39, 0.29) is 5.91 Å². The van der Waals surface area contributed by atoms with Crippen LogP contribution < -0.4 is 11.1 Å². The normalized spacial score (nSPS) is 10.1. The molecular formula is C10H8BrN3OS. The summed E-state index contributed by atoms with van der Waals surface area (Å²) in [6, 6.07) is 5.22. The van der Waals surface area contributed by atoms with Crippen molar-refractivity contribution in [2.24, 2.45) is 0 Å². The minimum Gasteiger partial charge on any atom is -0.396 e. The molecule has 0 radical (unpaired) electrons. The van der Waals surface area contributed by atoms with E-state index in [1.165, 1.54) is 11.3 Å². The largest absolute Gasteiger partial charge is 0.396 e. The average Bonchev–Trinajstić information content (AvgIpc) is 2.68. The number of carbonyl (C=O) groups excluding carboxylic acids is 1. The monoisotopic (exact) mass is 297 g/mol. The Morgan fingerprint density at radius 1 is 1.50 bits per heavy atom. The van der Waals surface area contributed by atoms with Crippen molar-refractivity contribution >= 4 is 44.7 Å². The Labute approximate surface area is 105 Å². The van der Waals surface area contributed by atoms with Gasteiger partial charge in [-0.2, -0.15) is 0 Å². The van der Waals surface area contributed by atoms with Crippen molar-refractivity contribution in [1.82, 2.24) is 4.98 Å². The van der Waals surface area contributed by atoms with E-state index < -0.39 is 0 Å². The number of nitrogen functional groups attached to an aromatic ring is 1. The molecule has 2 aromatic heterocycles. The van der Waals surface area contributed by atoms with Gasteiger partial charge in [0.2, 0.25) is 0 Å². The molecule has 82 valence electrons. The van der Waals surface area contributed by atoms with Crippen molar-refractivity contribution in [2.45, 2.75) is 0 Å². The lowest BCUT2D eigenvalue weighted by Gasteiger charge is -2.05. The molecule has 1 amide bonds. The Kier molecular flexibility index (Phi) is 3.21. The number of nitrogens with zero attached hydrogens (tertiary/aromatic N) is 1. The van der Waals surface area contributed by atoms with Gasteiger partial charge < -0.3 is 11.1 Å². The molecule has 0 atom stereocenters. The molecule has 6 heteroatoms. The summed E-state index contributed by atoms with van der Waals surface area (Å²) in [6.45, 7) is 0. The molecule has 2 heterocycles. The summed E-state index contributed by atoms with van der Waals surface area (Å²) in [5.41, 5.74) is 6.12. The Balaban J connectivity index is 2.21. The van der Waals surface area contributed by atoms with Crippen molar-refractivity contribution in [3.8, 4) is 0 Å². The molecule has 0 aliphatic carbocycles. The van der Waals surface area contributed by atoms with Crippen LogP contribution in [0.3, 0.4) is 0 Å². The van der Waals surface area contributed by atoms with E-state index in [4.69, 9.17) is 5.73 Å². The van der Waals surface area contributed by atoms with Crippen LogP contribution in [0.1, 0.15) is 9.67 Å². The number of thiophene rings is 1. The molecule has 3 N–H and O–H groups in total. The molecule has 0 spiro atoms. The van der Waals surface area contributed by atoms with Crippen LogP contribution in [-0.2, 0) is 0 Å². The molecule has 0 unspecified atom stereocenters. The number of halogens is 1. The number of nitrogens with two attached hydrogens (primary N) is 1. The molecule has 0 aliphatic rings. The number of pyridine rings is 1. The van der Waals surface area contributed by atoms with Crippen molar-refractivity contribution < 1.29 is 4.79 Å². The van der Waals surface area contributed by atoms with E-state index in [9.17, 15) is 4.79 Å². The topological polar surface area (TPSA) is 68.0 Å². The molecule has 16 heavy (non-hydrogen) atoms. The van der Waals surface area contributed by atoms with Crippen molar-refractivity contribution in [1.29, 1.82) is 0 Å². The van der Waals surface area contributed by atoms with Gasteiger partial charge in [0.15, 0.2) is 5.82 Å². The first-order chi connectivity index (χ1) is 7.68. The predicted molar refractivity (Wildman–Crippen MR) is 68.6 cm³/mol. The third-order valence-corrected chi connectivity index (χ3v) is 3.73. The second-order valence-corrected chi connectivity index (χ2v) is 4.76. The first kappa shape index (κ1) is 11.1. The zero-order chi connectivity index (χ0) is 11.5. The summed E-state index contributed by atoms with van der Waals surface area (Å²) in [7, 11) is 0. The number of hydrogen-bond acceptors (Lipinski definition) is 4. The minimum atomic E-state index is -0.215. The molecule has 0 saturated heterocycles. The molecule has 4 nitrogen and oxygen atoms in total. The number of carbonyl (C=O) groups is 1. The van der Waals surface area contributed by atoms with E-state index in [1.807, 2.05) is 11.4 Å². The first-order valence-corrected chi connectivity index (χ1v) is 6.10. The smallest absolute Gasteiger partial charge is 0.268 e. The lowest BCUT2D eigenvalue weighted by Crippen LogP contribution is -2.13. The van der Waals surface area contributed by atoms with Crippen LogP contribution in [0.4, 0.5) is 11.5 Å². The summed E-state index contributed by atoms with van der Waals surface area (Å²) < 4.78 is 0.768. The fourth-order valence-corrected chi connectivity index (χ4v) is 2.59. The van der Waals surface area contributed by atoms with Crippen LogP contribution >= 0.6 is 27.3 Å². The minimum absolute atomic E-state index is 0.215. The van der Waals surface area contributed by atoms with Gasteiger partial charge in [-0.15, -0.1) is 11.3 Å². The van der Waals surface area contributed by atoms with Crippen LogP contribution in [0.15, 0.2) is 34.2 Å². The molecule has 2 aromatic rings. The second kappa shape index (κ2) is 4.63. The van der Waals surface area contributed by atoms with Crippen LogP contribution in [-0.4, -0.2) is 10.9 Å². The molecule has 0 fully saturated rings. The van der Waals surface area contributed by atoms with Crippen molar-refractivity contribution in [3.05, 3.63) is 39.1 Å². The van der Waals surface area contributed by atoms with Gasteiger partial charge >= 0.3 is 0 Å². The van der Waals surface area contributed by atoms with Gasteiger partial charge in [0.05, 0.1) is 5.69 Å². The second-order valence-electron chi connectivity index (χ2n) is 2.99. The molecule has 2 rings (SSSR count). The Hall–Kier alpha value is -1.40. The lowest BCUT2D eigenvalue weighted by molar-refractivity contribution is 0.102. The fourth-order valence-electron chi connectivity index (χ4n) is 1.14.